The molecule has 0 aliphatic carbocycles. The molecule has 0 bridgehead atoms. The molecular formula is C20H25Cl2N5O. The molecule has 8 heteroatoms. The Hall–Kier alpha value is -2.02. The number of hydrogen-bond donors (Lipinski definition) is 2. The molecule has 2 N–H and O–H groups in total. The normalized spacial score (nSPS) is 15.9. The third-order valence-electron chi connectivity index (χ3n) is 4.87. The number of benzene rings is 1. The van der Waals surface area contributed by atoms with E-state index in [0.29, 0.717) is 16.6 Å². The molecule has 1 aliphatic rings. The van der Waals surface area contributed by atoms with E-state index in [9.17, 15) is 4.79 Å². The van der Waals surface area contributed by atoms with Crippen molar-refractivity contribution in [3.05, 3.63) is 57.7 Å². The number of pyridine rings is 1. The standard InChI is InChI=1S/C20H25Cl2N5O/c1-14(17-4-3-16(21)12-18(17)22)25-20(28)24-13-15-5-6-23-19(11-15)27-9-7-26(2)8-10-27/h3-6,11-12,14H,7-10,13H2,1-2H3,(H2,24,25,28). The molecule has 1 fully saturated rings. The van der Waals surface area contributed by atoms with Gasteiger partial charge in [0.05, 0.1) is 6.04 Å². The lowest BCUT2D eigenvalue weighted by Crippen LogP contribution is -2.44. The quantitative estimate of drug-likeness (QED) is 0.772. The van der Waals surface area contributed by atoms with Crippen molar-refractivity contribution in [2.75, 3.05) is 38.1 Å². The van der Waals surface area contributed by atoms with Crippen molar-refractivity contribution in [1.82, 2.24) is 20.5 Å². The first kappa shape index (κ1) is 20.7. The number of amides is 2. The van der Waals surface area contributed by atoms with Crippen LogP contribution in [0.3, 0.4) is 0 Å². The van der Waals surface area contributed by atoms with Crippen LogP contribution in [0.5, 0.6) is 0 Å². The van der Waals surface area contributed by atoms with Gasteiger partial charge in [-0.25, -0.2) is 9.78 Å². The Bertz CT molecular complexity index is 824. The number of piperazine rings is 1. The van der Waals surface area contributed by atoms with Gasteiger partial charge in [-0.3, -0.25) is 0 Å². The summed E-state index contributed by atoms with van der Waals surface area (Å²) in [5.41, 5.74) is 1.83. The molecule has 3 rings (SSSR count). The van der Waals surface area contributed by atoms with Crippen molar-refractivity contribution in [1.29, 1.82) is 0 Å². The monoisotopic (exact) mass is 421 g/mol. The van der Waals surface area contributed by atoms with Crippen LogP contribution in [-0.2, 0) is 6.54 Å². The van der Waals surface area contributed by atoms with Crippen LogP contribution in [-0.4, -0.2) is 49.1 Å². The SMILES string of the molecule is CC(NC(=O)NCc1ccnc(N2CCN(C)CC2)c1)c1ccc(Cl)cc1Cl. The van der Waals surface area contributed by atoms with E-state index < -0.39 is 0 Å². The zero-order valence-electron chi connectivity index (χ0n) is 16.1. The molecule has 2 heterocycles. The van der Waals surface area contributed by atoms with Gasteiger partial charge in [-0.15, -0.1) is 0 Å². The summed E-state index contributed by atoms with van der Waals surface area (Å²) < 4.78 is 0. The number of urea groups is 1. The summed E-state index contributed by atoms with van der Waals surface area (Å²) in [6, 6.07) is 8.71. The van der Waals surface area contributed by atoms with Gasteiger partial charge in [0.2, 0.25) is 0 Å². The number of rotatable bonds is 5. The van der Waals surface area contributed by atoms with Gasteiger partial charge in [0, 0.05) is 49.0 Å². The molecule has 1 saturated heterocycles. The molecule has 2 amide bonds. The Morgan fingerprint density at radius 3 is 2.64 bits per heavy atom. The lowest BCUT2D eigenvalue weighted by atomic mass is 10.1. The highest BCUT2D eigenvalue weighted by atomic mass is 35.5. The Morgan fingerprint density at radius 1 is 1.18 bits per heavy atom. The van der Waals surface area contributed by atoms with Crippen molar-refractivity contribution < 1.29 is 4.79 Å². The number of nitrogens with zero attached hydrogens (tertiary/aromatic N) is 3. The molecule has 2 aromatic rings. The average molecular weight is 422 g/mol. The van der Waals surface area contributed by atoms with Crippen LogP contribution in [0.25, 0.3) is 0 Å². The van der Waals surface area contributed by atoms with E-state index in [0.717, 1.165) is 43.1 Å². The molecule has 1 unspecified atom stereocenters. The number of nitrogens with one attached hydrogen (secondary N) is 2. The number of carbonyl (C=O) groups excluding carboxylic acids is 1. The van der Waals surface area contributed by atoms with Crippen LogP contribution in [0, 0.1) is 0 Å². The Morgan fingerprint density at radius 2 is 1.93 bits per heavy atom. The molecule has 1 aliphatic heterocycles. The van der Waals surface area contributed by atoms with Crippen LogP contribution >= 0.6 is 23.2 Å². The fraction of sp³-hybridized carbons (Fsp3) is 0.400. The number of likely N-dealkylation sites (N-methyl/N-ethyl adjacent to an activating group) is 1. The molecular weight excluding hydrogens is 397 g/mol. The summed E-state index contributed by atoms with van der Waals surface area (Å²) >= 11 is 12.1. The van der Waals surface area contributed by atoms with Crippen LogP contribution in [0.1, 0.15) is 24.1 Å². The van der Waals surface area contributed by atoms with E-state index in [1.165, 1.54) is 0 Å². The van der Waals surface area contributed by atoms with Crippen LogP contribution in [0.2, 0.25) is 10.0 Å². The molecule has 0 saturated carbocycles. The van der Waals surface area contributed by atoms with E-state index in [1.54, 1.807) is 18.3 Å². The Balaban J connectivity index is 1.53. The lowest BCUT2D eigenvalue weighted by molar-refractivity contribution is 0.237. The van der Waals surface area contributed by atoms with Gasteiger partial charge in [0.15, 0.2) is 0 Å². The second-order valence-corrected chi connectivity index (χ2v) is 7.87. The van der Waals surface area contributed by atoms with Gasteiger partial charge in [-0.1, -0.05) is 29.3 Å². The number of halogens is 2. The molecule has 28 heavy (non-hydrogen) atoms. The third-order valence-corrected chi connectivity index (χ3v) is 5.43. The minimum Gasteiger partial charge on any atom is -0.354 e. The molecule has 1 aromatic heterocycles. The van der Waals surface area contributed by atoms with Crippen molar-refractivity contribution >= 4 is 35.1 Å². The minimum atomic E-state index is -0.253. The van der Waals surface area contributed by atoms with Crippen LogP contribution in [0.15, 0.2) is 36.5 Å². The van der Waals surface area contributed by atoms with Gasteiger partial charge in [0.25, 0.3) is 0 Å². The average Bonchev–Trinajstić information content (AvgIpc) is 2.67. The Kier molecular flexibility index (Phi) is 6.99. The predicted molar refractivity (Wildman–Crippen MR) is 114 cm³/mol. The maximum Gasteiger partial charge on any atom is 0.315 e. The lowest BCUT2D eigenvalue weighted by Gasteiger charge is -2.33. The highest BCUT2D eigenvalue weighted by Crippen LogP contribution is 2.26. The zero-order valence-corrected chi connectivity index (χ0v) is 17.6. The topological polar surface area (TPSA) is 60.5 Å². The fourth-order valence-corrected chi connectivity index (χ4v) is 3.71. The summed E-state index contributed by atoms with van der Waals surface area (Å²) in [7, 11) is 2.13. The van der Waals surface area contributed by atoms with E-state index in [4.69, 9.17) is 23.2 Å². The molecule has 1 aromatic carbocycles. The van der Waals surface area contributed by atoms with Crippen molar-refractivity contribution in [2.45, 2.75) is 19.5 Å². The highest BCUT2D eigenvalue weighted by molar-refractivity contribution is 6.35. The molecule has 0 radical (unpaired) electrons. The molecule has 6 nitrogen and oxygen atoms in total. The van der Waals surface area contributed by atoms with Gasteiger partial charge < -0.3 is 20.4 Å². The van der Waals surface area contributed by atoms with Crippen LogP contribution < -0.4 is 15.5 Å². The first-order valence-electron chi connectivity index (χ1n) is 9.30. The van der Waals surface area contributed by atoms with Gasteiger partial charge in [-0.2, -0.15) is 0 Å². The summed E-state index contributed by atoms with van der Waals surface area (Å²) in [6.07, 6.45) is 1.79. The second-order valence-electron chi connectivity index (χ2n) is 7.03. The van der Waals surface area contributed by atoms with Crippen molar-refractivity contribution in [3.8, 4) is 0 Å². The van der Waals surface area contributed by atoms with Crippen molar-refractivity contribution in [2.24, 2.45) is 0 Å². The van der Waals surface area contributed by atoms with E-state index in [2.05, 4.69) is 32.5 Å². The largest absolute Gasteiger partial charge is 0.354 e. The molecule has 1 atom stereocenters. The number of carbonyl (C=O) groups is 1. The van der Waals surface area contributed by atoms with Crippen LogP contribution in [0.4, 0.5) is 10.6 Å². The van der Waals surface area contributed by atoms with Gasteiger partial charge in [0.1, 0.15) is 5.82 Å². The maximum absolute atomic E-state index is 12.3. The minimum absolute atomic E-state index is 0.233. The summed E-state index contributed by atoms with van der Waals surface area (Å²) in [5.74, 6) is 0.953. The summed E-state index contributed by atoms with van der Waals surface area (Å²) in [4.78, 5) is 21.3. The van der Waals surface area contributed by atoms with E-state index >= 15 is 0 Å². The van der Waals surface area contributed by atoms with Gasteiger partial charge in [-0.05, 0) is 49.4 Å². The number of hydrogen-bond acceptors (Lipinski definition) is 4. The van der Waals surface area contributed by atoms with E-state index in [1.807, 2.05) is 25.1 Å². The second kappa shape index (κ2) is 9.45. The molecule has 0 spiro atoms. The van der Waals surface area contributed by atoms with E-state index in [-0.39, 0.29) is 12.1 Å². The number of aromatic nitrogens is 1. The highest BCUT2D eigenvalue weighted by Gasteiger charge is 2.16. The first-order valence-corrected chi connectivity index (χ1v) is 10.1. The fourth-order valence-electron chi connectivity index (χ4n) is 3.14. The third kappa shape index (κ3) is 5.50. The maximum atomic E-state index is 12.3. The smallest absolute Gasteiger partial charge is 0.315 e. The first-order chi connectivity index (χ1) is 13.4. The molecule has 150 valence electrons. The van der Waals surface area contributed by atoms with Gasteiger partial charge >= 0.3 is 6.03 Å². The zero-order chi connectivity index (χ0) is 20.1. The Labute approximate surface area is 175 Å². The van der Waals surface area contributed by atoms with Crippen molar-refractivity contribution in [3.63, 3.8) is 0 Å². The number of anilines is 1. The summed E-state index contributed by atoms with van der Waals surface area (Å²) in [5, 5.41) is 6.90. The predicted octanol–water partition coefficient (Wildman–Crippen LogP) is 3.70. The summed E-state index contributed by atoms with van der Waals surface area (Å²) in [6.45, 7) is 6.28.